The molecule has 2 aromatic rings. The molecule has 1 aromatic carbocycles. The Morgan fingerprint density at radius 1 is 1.12 bits per heavy atom. The Morgan fingerprint density at radius 3 is 2.50 bits per heavy atom. The number of carbonyl (C=O) groups excluding carboxylic acids is 2. The second kappa shape index (κ2) is 8.93. The molecule has 26 heavy (non-hydrogen) atoms. The third-order valence-corrected chi connectivity index (χ3v) is 5.16. The van der Waals surface area contributed by atoms with Crippen LogP contribution in [-0.2, 0) is 4.79 Å². The van der Waals surface area contributed by atoms with Crippen molar-refractivity contribution in [1.29, 1.82) is 0 Å². The molecule has 136 valence electrons. The molecule has 2 amide bonds. The number of piperidine rings is 1. The van der Waals surface area contributed by atoms with E-state index in [0.717, 1.165) is 35.4 Å². The van der Waals surface area contributed by atoms with Crippen molar-refractivity contribution in [1.82, 2.24) is 20.6 Å². The molecule has 1 aliphatic rings. The molecule has 7 nitrogen and oxygen atoms in total. The Balaban J connectivity index is 1.42. The lowest BCUT2D eigenvalue weighted by molar-refractivity contribution is -0.120. The first-order valence-corrected chi connectivity index (χ1v) is 9.55. The zero-order chi connectivity index (χ0) is 18.4. The molecule has 2 heterocycles. The van der Waals surface area contributed by atoms with Gasteiger partial charge in [0.25, 0.3) is 5.91 Å². The van der Waals surface area contributed by atoms with Crippen molar-refractivity contribution in [2.75, 3.05) is 24.5 Å². The second-order valence-electron chi connectivity index (χ2n) is 6.04. The molecule has 3 rings (SSSR count). The lowest BCUT2D eigenvalue weighted by Crippen LogP contribution is -2.47. The van der Waals surface area contributed by atoms with Crippen molar-refractivity contribution in [3.63, 3.8) is 0 Å². The summed E-state index contributed by atoms with van der Waals surface area (Å²) in [5.41, 5.74) is 0.581. The van der Waals surface area contributed by atoms with E-state index < -0.39 is 0 Å². The van der Waals surface area contributed by atoms with E-state index in [-0.39, 0.29) is 24.4 Å². The van der Waals surface area contributed by atoms with Crippen molar-refractivity contribution < 1.29 is 9.59 Å². The van der Waals surface area contributed by atoms with E-state index in [1.54, 1.807) is 30.6 Å². The van der Waals surface area contributed by atoms with Crippen LogP contribution in [0.15, 0.2) is 42.7 Å². The van der Waals surface area contributed by atoms with Gasteiger partial charge in [-0.15, -0.1) is 0 Å². The number of benzene rings is 1. The molecule has 2 N–H and O–H groups in total. The smallest absolute Gasteiger partial charge is 0.252 e. The van der Waals surface area contributed by atoms with Crippen LogP contribution in [0.2, 0.25) is 0 Å². The van der Waals surface area contributed by atoms with Gasteiger partial charge in [-0.2, -0.15) is 0 Å². The fraction of sp³-hybridized carbons (Fsp3) is 0.333. The van der Waals surface area contributed by atoms with E-state index in [9.17, 15) is 9.59 Å². The van der Waals surface area contributed by atoms with Gasteiger partial charge in [0.15, 0.2) is 0 Å². The SMILES string of the molecule is O=C(CNC(=O)c1ccccc1I)NC1CCN(c2ncccn2)CC1. The Hall–Kier alpha value is -2.23. The molecule has 0 atom stereocenters. The standard InChI is InChI=1S/C18H20IN5O2/c19-15-5-2-1-4-14(15)17(26)22-12-16(25)23-13-6-10-24(11-7-13)18-20-8-3-9-21-18/h1-5,8-9,13H,6-7,10-12H2,(H,22,26)(H,23,25). The van der Waals surface area contributed by atoms with Crippen LogP contribution < -0.4 is 15.5 Å². The monoisotopic (exact) mass is 465 g/mol. The topological polar surface area (TPSA) is 87.2 Å². The number of nitrogens with zero attached hydrogens (tertiary/aromatic N) is 3. The molecule has 1 aromatic heterocycles. The number of amides is 2. The van der Waals surface area contributed by atoms with Crippen molar-refractivity contribution in [3.8, 4) is 0 Å². The number of aromatic nitrogens is 2. The number of hydrogen-bond donors (Lipinski definition) is 2. The molecule has 0 spiro atoms. The fourth-order valence-corrected chi connectivity index (χ4v) is 3.49. The van der Waals surface area contributed by atoms with E-state index >= 15 is 0 Å². The minimum atomic E-state index is -0.235. The van der Waals surface area contributed by atoms with Crippen molar-refractivity contribution >= 4 is 40.4 Å². The maximum atomic E-state index is 12.1. The summed E-state index contributed by atoms with van der Waals surface area (Å²) in [4.78, 5) is 34.9. The predicted octanol–water partition coefficient (Wildman–Crippen LogP) is 1.60. The molecule has 0 radical (unpaired) electrons. The lowest BCUT2D eigenvalue weighted by atomic mass is 10.1. The van der Waals surface area contributed by atoms with E-state index in [0.29, 0.717) is 5.56 Å². The zero-order valence-corrected chi connectivity index (χ0v) is 16.3. The molecule has 0 unspecified atom stereocenters. The first-order valence-electron chi connectivity index (χ1n) is 8.47. The Kier molecular flexibility index (Phi) is 6.37. The van der Waals surface area contributed by atoms with Gasteiger partial charge in [-0.1, -0.05) is 12.1 Å². The number of halogens is 1. The van der Waals surface area contributed by atoms with Gasteiger partial charge < -0.3 is 15.5 Å². The normalized spacial score (nSPS) is 14.7. The number of nitrogens with one attached hydrogen (secondary N) is 2. The van der Waals surface area contributed by atoms with Crippen LogP contribution in [0, 0.1) is 3.57 Å². The Labute approximate surface area is 165 Å². The van der Waals surface area contributed by atoms with Crippen LogP contribution in [0.4, 0.5) is 5.95 Å². The highest BCUT2D eigenvalue weighted by Gasteiger charge is 2.22. The van der Waals surface area contributed by atoms with Crippen molar-refractivity contribution in [2.45, 2.75) is 18.9 Å². The summed E-state index contributed by atoms with van der Waals surface area (Å²) >= 11 is 2.11. The van der Waals surface area contributed by atoms with E-state index in [2.05, 4.69) is 48.1 Å². The largest absolute Gasteiger partial charge is 0.352 e. The highest BCUT2D eigenvalue weighted by molar-refractivity contribution is 14.1. The summed E-state index contributed by atoms with van der Waals surface area (Å²) in [5, 5.41) is 5.67. The zero-order valence-electron chi connectivity index (χ0n) is 14.2. The number of hydrogen-bond acceptors (Lipinski definition) is 5. The molecule has 0 bridgehead atoms. The average Bonchev–Trinajstić information content (AvgIpc) is 2.68. The summed E-state index contributed by atoms with van der Waals surface area (Å²) in [7, 11) is 0. The summed E-state index contributed by atoms with van der Waals surface area (Å²) in [6.07, 6.45) is 5.11. The fourth-order valence-electron chi connectivity index (χ4n) is 2.86. The van der Waals surface area contributed by atoms with Gasteiger partial charge in [0, 0.05) is 35.1 Å². The van der Waals surface area contributed by atoms with Gasteiger partial charge in [-0.3, -0.25) is 9.59 Å². The van der Waals surface area contributed by atoms with Gasteiger partial charge in [-0.25, -0.2) is 9.97 Å². The summed E-state index contributed by atoms with van der Waals surface area (Å²) < 4.78 is 0.860. The van der Waals surface area contributed by atoms with Crippen LogP contribution >= 0.6 is 22.6 Å². The molecule has 1 aliphatic heterocycles. The first kappa shape index (κ1) is 18.6. The van der Waals surface area contributed by atoms with Gasteiger partial charge in [-0.05, 0) is 53.6 Å². The average molecular weight is 465 g/mol. The maximum Gasteiger partial charge on any atom is 0.252 e. The number of rotatable bonds is 5. The first-order chi connectivity index (χ1) is 12.6. The molecule has 0 saturated carbocycles. The predicted molar refractivity (Wildman–Crippen MR) is 107 cm³/mol. The minimum absolute atomic E-state index is 0.0220. The quantitative estimate of drug-likeness (QED) is 0.656. The summed E-state index contributed by atoms with van der Waals surface area (Å²) in [5.74, 6) is 0.321. The highest BCUT2D eigenvalue weighted by Crippen LogP contribution is 2.15. The van der Waals surface area contributed by atoms with E-state index in [1.165, 1.54) is 0 Å². The lowest BCUT2D eigenvalue weighted by Gasteiger charge is -2.32. The van der Waals surface area contributed by atoms with Crippen LogP contribution in [0.3, 0.4) is 0 Å². The van der Waals surface area contributed by atoms with Crippen molar-refractivity contribution in [3.05, 3.63) is 51.9 Å². The highest BCUT2D eigenvalue weighted by atomic mass is 127. The third-order valence-electron chi connectivity index (χ3n) is 4.22. The van der Waals surface area contributed by atoms with Gasteiger partial charge >= 0.3 is 0 Å². The minimum Gasteiger partial charge on any atom is -0.352 e. The molecule has 1 saturated heterocycles. The van der Waals surface area contributed by atoms with Crippen LogP contribution in [0.25, 0.3) is 0 Å². The summed E-state index contributed by atoms with van der Waals surface area (Å²) in [6, 6.07) is 9.19. The van der Waals surface area contributed by atoms with Crippen LogP contribution in [-0.4, -0.2) is 47.5 Å². The number of carbonyl (C=O) groups is 2. The molecule has 8 heteroatoms. The number of anilines is 1. The van der Waals surface area contributed by atoms with E-state index in [1.807, 2.05) is 12.1 Å². The molecule has 0 aliphatic carbocycles. The van der Waals surface area contributed by atoms with Crippen molar-refractivity contribution in [2.24, 2.45) is 0 Å². The molecular weight excluding hydrogens is 445 g/mol. The second-order valence-corrected chi connectivity index (χ2v) is 7.20. The van der Waals surface area contributed by atoms with E-state index in [4.69, 9.17) is 0 Å². The van der Waals surface area contributed by atoms with Gasteiger partial charge in [0.05, 0.1) is 12.1 Å². The van der Waals surface area contributed by atoms with Gasteiger partial charge in [0.2, 0.25) is 11.9 Å². The maximum absolute atomic E-state index is 12.1. The molecule has 1 fully saturated rings. The van der Waals surface area contributed by atoms with Gasteiger partial charge in [0.1, 0.15) is 0 Å². The van der Waals surface area contributed by atoms with Crippen LogP contribution in [0.5, 0.6) is 0 Å². The summed E-state index contributed by atoms with van der Waals surface area (Å²) in [6.45, 7) is 1.57. The molecular formula is C18H20IN5O2. The third kappa shape index (κ3) is 4.90. The Bertz CT molecular complexity index is 763. The van der Waals surface area contributed by atoms with Crippen LogP contribution in [0.1, 0.15) is 23.2 Å². The Morgan fingerprint density at radius 2 is 1.81 bits per heavy atom.